The van der Waals surface area contributed by atoms with Gasteiger partial charge in [0.25, 0.3) is 0 Å². The largest absolute Gasteiger partial charge is 0.481 e. The molecule has 5 nitrogen and oxygen atoms in total. The number of nitrogens with zero attached hydrogens (tertiary/aromatic N) is 1. The van der Waals surface area contributed by atoms with E-state index in [4.69, 9.17) is 9.84 Å². The molecule has 2 atom stereocenters. The van der Waals surface area contributed by atoms with Crippen molar-refractivity contribution >= 4 is 22.6 Å². The first-order chi connectivity index (χ1) is 12.1. The van der Waals surface area contributed by atoms with Gasteiger partial charge in [0.15, 0.2) is 0 Å². The Kier molecular flexibility index (Phi) is 4.17. The molecule has 1 aliphatic heterocycles. The third kappa shape index (κ3) is 3.00. The number of fused-ring (bicyclic) bond motifs is 1. The minimum Gasteiger partial charge on any atom is -0.481 e. The van der Waals surface area contributed by atoms with Crippen LogP contribution in [0.15, 0.2) is 42.5 Å². The van der Waals surface area contributed by atoms with Gasteiger partial charge in [0.05, 0.1) is 24.5 Å². The first kappa shape index (κ1) is 16.1. The summed E-state index contributed by atoms with van der Waals surface area (Å²) >= 11 is 0. The number of aliphatic carboxylic acids is 1. The summed E-state index contributed by atoms with van der Waals surface area (Å²) < 4.78 is 5.95. The standard InChI is InChI=1S/C20H21NO4/c22-19(17-8-9-18(17)20(23)24)21-10-15(11-21)25-12-14-6-3-5-13-4-1-2-7-16(13)14/h1-7,15,17-18H,8-12H2,(H,23,24). The molecule has 1 saturated carbocycles. The van der Waals surface area contributed by atoms with Crippen molar-refractivity contribution in [3.05, 3.63) is 48.0 Å². The molecule has 1 saturated heterocycles. The first-order valence-electron chi connectivity index (χ1n) is 8.73. The summed E-state index contributed by atoms with van der Waals surface area (Å²) in [5, 5.41) is 11.5. The average molecular weight is 339 g/mol. The lowest BCUT2D eigenvalue weighted by Gasteiger charge is -2.44. The van der Waals surface area contributed by atoms with Crippen LogP contribution in [-0.2, 0) is 20.9 Å². The highest BCUT2D eigenvalue weighted by Gasteiger charge is 2.45. The van der Waals surface area contributed by atoms with E-state index in [0.29, 0.717) is 32.5 Å². The molecule has 25 heavy (non-hydrogen) atoms. The van der Waals surface area contributed by atoms with Crippen molar-refractivity contribution in [1.29, 1.82) is 0 Å². The number of hydrogen-bond acceptors (Lipinski definition) is 3. The lowest BCUT2D eigenvalue weighted by Crippen LogP contribution is -2.58. The van der Waals surface area contributed by atoms with Crippen LogP contribution < -0.4 is 0 Å². The summed E-state index contributed by atoms with van der Waals surface area (Å²) in [6, 6.07) is 14.4. The van der Waals surface area contributed by atoms with E-state index >= 15 is 0 Å². The van der Waals surface area contributed by atoms with Gasteiger partial charge in [0.2, 0.25) is 5.91 Å². The van der Waals surface area contributed by atoms with E-state index in [2.05, 4.69) is 24.3 Å². The van der Waals surface area contributed by atoms with Crippen LogP contribution in [0.1, 0.15) is 18.4 Å². The molecule has 1 aliphatic carbocycles. The Balaban J connectivity index is 1.30. The monoisotopic (exact) mass is 339 g/mol. The summed E-state index contributed by atoms with van der Waals surface area (Å²) in [5.41, 5.74) is 1.15. The molecule has 130 valence electrons. The molecule has 2 aromatic rings. The zero-order chi connectivity index (χ0) is 17.4. The van der Waals surface area contributed by atoms with Crippen molar-refractivity contribution in [2.24, 2.45) is 11.8 Å². The van der Waals surface area contributed by atoms with Gasteiger partial charge in [-0.2, -0.15) is 0 Å². The van der Waals surface area contributed by atoms with Gasteiger partial charge in [-0.15, -0.1) is 0 Å². The molecular formula is C20H21NO4. The van der Waals surface area contributed by atoms with E-state index in [1.165, 1.54) is 10.8 Å². The molecule has 0 bridgehead atoms. The molecule has 0 spiro atoms. The predicted octanol–water partition coefficient (Wildman–Crippen LogP) is 2.68. The second-order valence-electron chi connectivity index (χ2n) is 6.94. The molecule has 0 aromatic heterocycles. The number of hydrogen-bond donors (Lipinski definition) is 1. The van der Waals surface area contributed by atoms with Gasteiger partial charge in [-0.25, -0.2) is 0 Å². The van der Waals surface area contributed by atoms with E-state index in [-0.39, 0.29) is 17.9 Å². The fraction of sp³-hybridized carbons (Fsp3) is 0.400. The molecule has 2 aromatic carbocycles. The van der Waals surface area contributed by atoms with Gasteiger partial charge in [-0.05, 0) is 29.2 Å². The van der Waals surface area contributed by atoms with Gasteiger partial charge in [-0.3, -0.25) is 9.59 Å². The lowest BCUT2D eigenvalue weighted by atomic mass is 9.72. The zero-order valence-corrected chi connectivity index (χ0v) is 13.9. The number of carboxylic acids is 1. The zero-order valence-electron chi connectivity index (χ0n) is 13.9. The van der Waals surface area contributed by atoms with Crippen molar-refractivity contribution in [1.82, 2.24) is 4.90 Å². The van der Waals surface area contributed by atoms with E-state index < -0.39 is 11.9 Å². The summed E-state index contributed by atoms with van der Waals surface area (Å²) in [6.45, 7) is 1.65. The summed E-state index contributed by atoms with van der Waals surface area (Å²) in [7, 11) is 0. The Morgan fingerprint density at radius 2 is 1.76 bits per heavy atom. The number of ether oxygens (including phenoxy) is 1. The van der Waals surface area contributed by atoms with Crippen LogP contribution in [-0.4, -0.2) is 41.1 Å². The van der Waals surface area contributed by atoms with Gasteiger partial charge in [0, 0.05) is 13.1 Å². The van der Waals surface area contributed by atoms with Crippen molar-refractivity contribution in [3.63, 3.8) is 0 Å². The third-order valence-electron chi connectivity index (χ3n) is 5.42. The maximum atomic E-state index is 12.3. The van der Waals surface area contributed by atoms with Crippen LogP contribution in [0.25, 0.3) is 10.8 Å². The average Bonchev–Trinajstić information content (AvgIpc) is 2.51. The molecule has 1 N–H and O–H groups in total. The maximum absolute atomic E-state index is 12.3. The Morgan fingerprint density at radius 1 is 1.04 bits per heavy atom. The second kappa shape index (κ2) is 6.48. The van der Waals surface area contributed by atoms with Crippen molar-refractivity contribution in [2.45, 2.75) is 25.6 Å². The second-order valence-corrected chi connectivity index (χ2v) is 6.94. The van der Waals surface area contributed by atoms with E-state index in [1.54, 1.807) is 4.90 Å². The van der Waals surface area contributed by atoms with Crippen LogP contribution in [0.3, 0.4) is 0 Å². The fourth-order valence-electron chi connectivity index (χ4n) is 3.68. The molecule has 1 amide bonds. The van der Waals surface area contributed by atoms with Crippen LogP contribution in [0.2, 0.25) is 0 Å². The van der Waals surface area contributed by atoms with Crippen LogP contribution in [0, 0.1) is 11.8 Å². The number of benzene rings is 2. The lowest BCUT2D eigenvalue weighted by molar-refractivity contribution is -0.164. The van der Waals surface area contributed by atoms with Crippen LogP contribution >= 0.6 is 0 Å². The normalized spacial score (nSPS) is 23.1. The highest BCUT2D eigenvalue weighted by Crippen LogP contribution is 2.37. The van der Waals surface area contributed by atoms with Crippen LogP contribution in [0.5, 0.6) is 0 Å². The Hall–Kier alpha value is -2.40. The maximum Gasteiger partial charge on any atom is 0.307 e. The molecular weight excluding hydrogens is 318 g/mol. The topological polar surface area (TPSA) is 66.8 Å². The number of carbonyl (C=O) groups is 2. The first-order valence-corrected chi connectivity index (χ1v) is 8.73. The van der Waals surface area contributed by atoms with Gasteiger partial charge in [0.1, 0.15) is 0 Å². The van der Waals surface area contributed by atoms with Crippen molar-refractivity contribution < 1.29 is 19.4 Å². The number of amides is 1. The smallest absolute Gasteiger partial charge is 0.307 e. The molecule has 1 heterocycles. The van der Waals surface area contributed by atoms with Crippen LogP contribution in [0.4, 0.5) is 0 Å². The van der Waals surface area contributed by atoms with Gasteiger partial charge in [-0.1, -0.05) is 42.5 Å². The number of carbonyl (C=O) groups excluding carboxylic acids is 1. The SMILES string of the molecule is O=C(O)C1CCC1C(=O)N1CC(OCc2cccc3ccccc23)C1. The summed E-state index contributed by atoms with van der Waals surface area (Å²) in [6.07, 6.45) is 1.33. The van der Waals surface area contributed by atoms with Crippen molar-refractivity contribution in [3.8, 4) is 0 Å². The van der Waals surface area contributed by atoms with E-state index in [1.807, 2.05) is 18.2 Å². The molecule has 0 radical (unpaired) electrons. The van der Waals surface area contributed by atoms with Crippen molar-refractivity contribution in [2.75, 3.05) is 13.1 Å². The number of likely N-dealkylation sites (tertiary alicyclic amines) is 1. The van der Waals surface area contributed by atoms with E-state index in [9.17, 15) is 9.59 Å². The molecule has 2 aliphatic rings. The van der Waals surface area contributed by atoms with E-state index in [0.717, 1.165) is 5.56 Å². The quantitative estimate of drug-likeness (QED) is 0.909. The third-order valence-corrected chi connectivity index (χ3v) is 5.42. The molecule has 4 rings (SSSR count). The predicted molar refractivity (Wildman–Crippen MR) is 93.0 cm³/mol. The molecule has 2 unspecified atom stereocenters. The Labute approximate surface area is 146 Å². The molecule has 2 fully saturated rings. The fourth-order valence-corrected chi connectivity index (χ4v) is 3.68. The highest BCUT2D eigenvalue weighted by atomic mass is 16.5. The summed E-state index contributed by atoms with van der Waals surface area (Å²) in [5.74, 6) is -1.71. The highest BCUT2D eigenvalue weighted by molar-refractivity contribution is 5.87. The minimum absolute atomic E-state index is 0.0244. The number of rotatable bonds is 5. The minimum atomic E-state index is -0.853. The Morgan fingerprint density at radius 3 is 2.48 bits per heavy atom. The number of carboxylic acid groups (broad SMARTS) is 1. The summed E-state index contributed by atoms with van der Waals surface area (Å²) in [4.78, 5) is 25.1. The molecule has 5 heteroatoms. The Bertz CT molecular complexity index is 807. The van der Waals surface area contributed by atoms with Gasteiger partial charge >= 0.3 is 5.97 Å². The van der Waals surface area contributed by atoms with Gasteiger partial charge < -0.3 is 14.7 Å².